The Morgan fingerprint density at radius 3 is 2.50 bits per heavy atom. The van der Waals surface area contributed by atoms with Crippen LogP contribution in [0.5, 0.6) is 5.75 Å². The van der Waals surface area contributed by atoms with Gasteiger partial charge in [-0.25, -0.2) is 0 Å². The lowest BCUT2D eigenvalue weighted by Gasteiger charge is -2.31. The first-order valence-corrected chi connectivity index (χ1v) is 7.72. The van der Waals surface area contributed by atoms with E-state index in [2.05, 4.69) is 0 Å². The van der Waals surface area contributed by atoms with Crippen LogP contribution in [-0.2, 0) is 9.59 Å². The number of hydrogen-bond acceptors (Lipinski definition) is 3. The second-order valence-electron chi connectivity index (χ2n) is 6.03. The minimum atomic E-state index is -0.261. The van der Waals surface area contributed by atoms with Crippen molar-refractivity contribution >= 4 is 11.8 Å². The molecule has 1 aromatic carbocycles. The summed E-state index contributed by atoms with van der Waals surface area (Å²) >= 11 is 0. The molecule has 0 aromatic heterocycles. The van der Waals surface area contributed by atoms with E-state index in [0.29, 0.717) is 25.4 Å². The van der Waals surface area contributed by atoms with Crippen LogP contribution in [0, 0.1) is 19.8 Å². The zero-order valence-corrected chi connectivity index (χ0v) is 13.3. The van der Waals surface area contributed by atoms with Gasteiger partial charge in [0.2, 0.25) is 5.91 Å². The highest BCUT2D eigenvalue weighted by molar-refractivity contribution is 5.78. The molecule has 0 bridgehead atoms. The largest absolute Gasteiger partial charge is 0.484 e. The van der Waals surface area contributed by atoms with Gasteiger partial charge in [-0.05, 0) is 55.9 Å². The quantitative estimate of drug-likeness (QED) is 0.901. The number of carbonyl (C=O) groups is 2. The van der Waals surface area contributed by atoms with Crippen molar-refractivity contribution in [1.82, 2.24) is 4.90 Å². The van der Waals surface area contributed by atoms with Gasteiger partial charge in [-0.2, -0.15) is 0 Å². The zero-order valence-electron chi connectivity index (χ0n) is 13.3. The fourth-order valence-corrected chi connectivity index (χ4v) is 2.71. The normalized spacial score (nSPS) is 15.6. The molecule has 0 radical (unpaired) electrons. The lowest BCUT2D eigenvalue weighted by atomic mass is 9.93. The number of aryl methyl sites for hydroxylation is 2. The van der Waals surface area contributed by atoms with Crippen LogP contribution in [0.1, 0.15) is 30.4 Å². The molecule has 2 N–H and O–H groups in total. The Bertz CT molecular complexity index is 549. The number of amides is 2. The molecule has 5 nitrogen and oxygen atoms in total. The number of carbonyl (C=O) groups excluding carboxylic acids is 2. The van der Waals surface area contributed by atoms with E-state index in [9.17, 15) is 9.59 Å². The molecule has 1 heterocycles. The first kappa shape index (κ1) is 16.3. The van der Waals surface area contributed by atoms with Gasteiger partial charge in [-0.1, -0.05) is 6.07 Å². The summed E-state index contributed by atoms with van der Waals surface area (Å²) < 4.78 is 5.58. The number of benzene rings is 1. The second kappa shape index (κ2) is 7.29. The molecular weight excluding hydrogens is 280 g/mol. The monoisotopic (exact) mass is 304 g/mol. The van der Waals surface area contributed by atoms with E-state index < -0.39 is 0 Å². The van der Waals surface area contributed by atoms with Gasteiger partial charge in [0, 0.05) is 19.5 Å². The Hall–Kier alpha value is -2.04. The predicted molar refractivity (Wildman–Crippen MR) is 84.5 cm³/mol. The Balaban J connectivity index is 1.78. The number of nitrogens with two attached hydrogens (primary N) is 1. The van der Waals surface area contributed by atoms with Gasteiger partial charge in [-0.3, -0.25) is 9.59 Å². The van der Waals surface area contributed by atoms with E-state index in [-0.39, 0.29) is 18.4 Å². The van der Waals surface area contributed by atoms with Gasteiger partial charge in [0.25, 0.3) is 5.91 Å². The molecule has 1 aromatic rings. The predicted octanol–water partition coefficient (Wildman–Crippen LogP) is 1.80. The molecule has 1 saturated heterocycles. The Labute approximate surface area is 131 Å². The molecule has 1 fully saturated rings. The average Bonchev–Trinajstić information content (AvgIpc) is 2.48. The van der Waals surface area contributed by atoms with Crippen LogP contribution < -0.4 is 10.5 Å². The first-order valence-electron chi connectivity index (χ1n) is 7.72. The number of nitrogens with zero attached hydrogens (tertiary/aromatic N) is 1. The van der Waals surface area contributed by atoms with Crippen molar-refractivity contribution in [2.75, 3.05) is 19.7 Å². The van der Waals surface area contributed by atoms with Gasteiger partial charge in [0.1, 0.15) is 5.75 Å². The summed E-state index contributed by atoms with van der Waals surface area (Å²) in [4.78, 5) is 24.9. The highest BCUT2D eigenvalue weighted by Crippen LogP contribution is 2.21. The van der Waals surface area contributed by atoms with Crippen molar-refractivity contribution in [2.45, 2.75) is 33.1 Å². The molecule has 0 saturated carbocycles. The van der Waals surface area contributed by atoms with Gasteiger partial charge in [-0.15, -0.1) is 0 Å². The fourth-order valence-electron chi connectivity index (χ4n) is 2.71. The third-order valence-corrected chi connectivity index (χ3v) is 4.30. The third kappa shape index (κ3) is 4.48. The number of likely N-dealkylation sites (tertiary alicyclic amines) is 1. The number of piperidine rings is 1. The molecule has 0 aliphatic carbocycles. The molecule has 2 amide bonds. The van der Waals surface area contributed by atoms with Crippen molar-refractivity contribution in [3.8, 4) is 5.75 Å². The van der Waals surface area contributed by atoms with Crippen molar-refractivity contribution < 1.29 is 14.3 Å². The van der Waals surface area contributed by atoms with E-state index in [1.54, 1.807) is 4.90 Å². The highest BCUT2D eigenvalue weighted by atomic mass is 16.5. The van der Waals surface area contributed by atoms with Crippen LogP contribution in [0.2, 0.25) is 0 Å². The molecule has 0 spiro atoms. The molecule has 22 heavy (non-hydrogen) atoms. The molecule has 2 rings (SSSR count). The van der Waals surface area contributed by atoms with Crippen LogP contribution in [0.3, 0.4) is 0 Å². The van der Waals surface area contributed by atoms with E-state index in [0.717, 1.165) is 24.2 Å². The van der Waals surface area contributed by atoms with Crippen molar-refractivity contribution in [2.24, 2.45) is 11.7 Å². The van der Waals surface area contributed by atoms with Gasteiger partial charge < -0.3 is 15.4 Å². The highest BCUT2D eigenvalue weighted by Gasteiger charge is 2.23. The summed E-state index contributed by atoms with van der Waals surface area (Å²) in [5.74, 6) is 0.765. The molecule has 0 unspecified atom stereocenters. The average molecular weight is 304 g/mol. The minimum Gasteiger partial charge on any atom is -0.484 e. The van der Waals surface area contributed by atoms with Crippen LogP contribution >= 0.6 is 0 Å². The number of primary amides is 1. The van der Waals surface area contributed by atoms with Gasteiger partial charge >= 0.3 is 0 Å². The van der Waals surface area contributed by atoms with Crippen molar-refractivity contribution in [1.29, 1.82) is 0 Å². The summed E-state index contributed by atoms with van der Waals surface area (Å²) in [7, 11) is 0. The SMILES string of the molecule is Cc1ccc(OCC(=O)N2CCC(CC(N)=O)CC2)cc1C. The molecule has 0 atom stereocenters. The molecule has 120 valence electrons. The van der Waals surface area contributed by atoms with E-state index in [1.807, 2.05) is 32.0 Å². The summed E-state index contributed by atoms with van der Waals surface area (Å²) in [6.45, 7) is 5.47. The lowest BCUT2D eigenvalue weighted by molar-refractivity contribution is -0.134. The second-order valence-corrected chi connectivity index (χ2v) is 6.03. The number of hydrogen-bond donors (Lipinski definition) is 1. The molecule has 1 aliphatic rings. The third-order valence-electron chi connectivity index (χ3n) is 4.30. The van der Waals surface area contributed by atoms with Crippen LogP contribution in [0.25, 0.3) is 0 Å². The van der Waals surface area contributed by atoms with Gasteiger partial charge in [0.05, 0.1) is 0 Å². The fraction of sp³-hybridized carbons (Fsp3) is 0.529. The maximum Gasteiger partial charge on any atom is 0.260 e. The Kier molecular flexibility index (Phi) is 5.41. The maximum atomic E-state index is 12.2. The van der Waals surface area contributed by atoms with Crippen molar-refractivity contribution in [3.05, 3.63) is 29.3 Å². The number of rotatable bonds is 5. The summed E-state index contributed by atoms with van der Waals surface area (Å²) in [5, 5.41) is 0. The molecular formula is C17H24N2O3. The standard InChI is InChI=1S/C17H24N2O3/c1-12-3-4-15(9-13(12)2)22-11-17(21)19-7-5-14(6-8-19)10-16(18)20/h3-4,9,14H,5-8,10-11H2,1-2H3,(H2,18,20). The molecule has 5 heteroatoms. The van der Waals surface area contributed by atoms with Crippen LogP contribution in [-0.4, -0.2) is 36.4 Å². The first-order chi connectivity index (χ1) is 10.5. The van der Waals surface area contributed by atoms with E-state index in [1.165, 1.54) is 5.56 Å². The maximum absolute atomic E-state index is 12.2. The smallest absolute Gasteiger partial charge is 0.260 e. The van der Waals surface area contributed by atoms with Crippen LogP contribution in [0.15, 0.2) is 18.2 Å². The zero-order chi connectivity index (χ0) is 16.1. The topological polar surface area (TPSA) is 72.6 Å². The lowest BCUT2D eigenvalue weighted by Crippen LogP contribution is -2.41. The Morgan fingerprint density at radius 1 is 1.23 bits per heavy atom. The Morgan fingerprint density at radius 2 is 1.91 bits per heavy atom. The summed E-state index contributed by atoms with van der Waals surface area (Å²) in [5.41, 5.74) is 7.57. The minimum absolute atomic E-state index is 0.00393. The van der Waals surface area contributed by atoms with Gasteiger partial charge in [0.15, 0.2) is 6.61 Å². The van der Waals surface area contributed by atoms with Crippen LogP contribution in [0.4, 0.5) is 0 Å². The van der Waals surface area contributed by atoms with E-state index in [4.69, 9.17) is 10.5 Å². The van der Waals surface area contributed by atoms with E-state index >= 15 is 0 Å². The summed E-state index contributed by atoms with van der Waals surface area (Å²) in [6.07, 6.45) is 2.08. The number of ether oxygens (including phenoxy) is 1. The molecule has 1 aliphatic heterocycles. The van der Waals surface area contributed by atoms with Crippen molar-refractivity contribution in [3.63, 3.8) is 0 Å². The summed E-state index contributed by atoms with van der Waals surface area (Å²) in [6, 6.07) is 5.82.